The summed E-state index contributed by atoms with van der Waals surface area (Å²) in [6.45, 7) is 27.5. The van der Waals surface area contributed by atoms with Gasteiger partial charge in [-0.3, -0.25) is 40.0 Å². The fourth-order valence-corrected chi connectivity index (χ4v) is 9.02. The summed E-state index contributed by atoms with van der Waals surface area (Å²) >= 11 is 0. The van der Waals surface area contributed by atoms with E-state index in [0.29, 0.717) is 120 Å². The number of benzene rings is 4. The van der Waals surface area contributed by atoms with E-state index in [9.17, 15) is 29.6 Å². The van der Waals surface area contributed by atoms with Crippen molar-refractivity contribution in [2.75, 3.05) is 26.4 Å². The molecular formula is C63H92N4O12. The van der Waals surface area contributed by atoms with E-state index in [4.69, 9.17) is 29.4 Å². The van der Waals surface area contributed by atoms with Crippen LogP contribution in [0.25, 0.3) is 0 Å². The van der Waals surface area contributed by atoms with Crippen LogP contribution in [-0.4, -0.2) is 70.9 Å². The molecule has 16 nitrogen and oxygen atoms in total. The fraction of sp³-hybridized carbons (Fsp3) is 0.556. The number of hydroxylamine groups is 4. The molecule has 0 saturated heterocycles. The summed E-state index contributed by atoms with van der Waals surface area (Å²) in [7, 11) is 0. The van der Waals surface area contributed by atoms with Gasteiger partial charge in [0.05, 0.1) is 26.4 Å². The van der Waals surface area contributed by atoms with E-state index in [1.54, 1.807) is 21.9 Å². The van der Waals surface area contributed by atoms with Crippen LogP contribution in [0, 0.1) is 0 Å². The van der Waals surface area contributed by atoms with Crippen LogP contribution in [0.2, 0.25) is 0 Å². The minimum atomic E-state index is -0.467. The topological polar surface area (TPSA) is 234 Å². The summed E-state index contributed by atoms with van der Waals surface area (Å²) in [5.41, 5.74) is 16.0. The highest BCUT2D eigenvalue weighted by Crippen LogP contribution is 2.42. The number of amides is 4. The average molecular weight is 1100 g/mol. The Morgan fingerprint density at radius 3 is 0.835 bits per heavy atom. The third-order valence-electron chi connectivity index (χ3n) is 13.9. The van der Waals surface area contributed by atoms with Gasteiger partial charge in [0.1, 0.15) is 23.0 Å². The highest BCUT2D eigenvalue weighted by atomic mass is 16.5. The molecule has 79 heavy (non-hydrogen) atoms. The van der Waals surface area contributed by atoms with Gasteiger partial charge < -0.3 is 18.9 Å². The van der Waals surface area contributed by atoms with E-state index in [-0.39, 0.29) is 47.3 Å². The van der Waals surface area contributed by atoms with Crippen LogP contribution >= 0.6 is 0 Å². The van der Waals surface area contributed by atoms with Crippen LogP contribution in [0.5, 0.6) is 23.0 Å². The van der Waals surface area contributed by atoms with Crippen LogP contribution in [0.4, 0.5) is 0 Å². The highest BCUT2D eigenvalue weighted by molar-refractivity contribution is 5.75. The molecule has 0 aliphatic heterocycles. The zero-order chi connectivity index (χ0) is 58.6. The monoisotopic (exact) mass is 1100 g/mol. The number of hydrogen-bond acceptors (Lipinski definition) is 12. The van der Waals surface area contributed by atoms with E-state index in [1.165, 1.54) is 0 Å². The Morgan fingerprint density at radius 2 is 0.582 bits per heavy atom. The molecule has 4 rings (SSSR count). The van der Waals surface area contributed by atoms with Crippen LogP contribution < -0.4 is 40.9 Å². The fourth-order valence-electron chi connectivity index (χ4n) is 9.02. The van der Waals surface area contributed by atoms with Crippen LogP contribution in [-0.2, 0) is 60.1 Å². The smallest absolute Gasteiger partial charge is 0.243 e. The molecule has 4 amide bonds. The van der Waals surface area contributed by atoms with Gasteiger partial charge in [-0.05, 0) is 141 Å². The standard InChI is InChI=1S/C63H92N4O12/c1-60(2,3)48-25-27-52(76-29-17-13-21-54(68)64-72)42(36-48)33-44-38-50(62(7,8)9)40-46(58(44)78-31-19-15-23-56(70)66-74)35-47-41-51(63(10,11)12)39-45(59(47)79-32-20-16-24-57(71)67-75)34-43-37-49(61(4,5)6)26-28-53(43)77-30-18-14-22-55(69)65-73/h25-28,36-41,72-75H,13-24,29-35H2,1-12H3,(H,64,68)(H,65,69)(H,66,70)(H,67,71). The van der Waals surface area contributed by atoms with Crippen molar-refractivity contribution in [2.45, 2.75) is 201 Å². The van der Waals surface area contributed by atoms with Gasteiger partial charge in [0.25, 0.3) is 0 Å². The molecule has 0 aliphatic carbocycles. The zero-order valence-corrected chi connectivity index (χ0v) is 49.3. The molecule has 8 N–H and O–H groups in total. The Balaban J connectivity index is 2.00. The SMILES string of the molecule is CC(C)(C)c1ccc(OCCCCC(=O)NO)c(Cc2cc(C(C)(C)C)cc(Cc3cc(C(C)(C)C)cc(Cc4cc(C(C)(C)C)ccc4OCCCCC(=O)NO)c3OCCCCC(=O)NO)c2OCCCCC(=O)NO)c1. The van der Waals surface area contributed by atoms with Crippen molar-refractivity contribution in [3.05, 3.63) is 116 Å². The van der Waals surface area contributed by atoms with Crippen molar-refractivity contribution in [3.63, 3.8) is 0 Å². The predicted molar refractivity (Wildman–Crippen MR) is 306 cm³/mol. The maximum absolute atomic E-state index is 12.1. The molecule has 4 aromatic rings. The lowest BCUT2D eigenvalue weighted by Crippen LogP contribution is -2.18. The molecule has 0 radical (unpaired) electrons. The summed E-state index contributed by atoms with van der Waals surface area (Å²) in [6.07, 6.45) is 6.25. The van der Waals surface area contributed by atoms with Crippen LogP contribution in [0.3, 0.4) is 0 Å². The lowest BCUT2D eigenvalue weighted by Gasteiger charge is -2.28. The second-order valence-electron chi connectivity index (χ2n) is 24.8. The van der Waals surface area contributed by atoms with Gasteiger partial charge in [-0.25, -0.2) is 21.9 Å². The molecule has 0 bridgehead atoms. The summed E-state index contributed by atoms with van der Waals surface area (Å²) in [5, 5.41) is 36.5. The molecule has 4 aromatic carbocycles. The number of carbonyl (C=O) groups excluding carboxylic acids is 4. The van der Waals surface area contributed by atoms with Gasteiger partial charge in [0, 0.05) is 44.9 Å². The third-order valence-corrected chi connectivity index (χ3v) is 13.9. The molecular weight excluding hydrogens is 1000 g/mol. The second kappa shape index (κ2) is 30.4. The number of rotatable bonds is 30. The molecule has 0 spiro atoms. The second-order valence-corrected chi connectivity index (χ2v) is 24.8. The van der Waals surface area contributed by atoms with Gasteiger partial charge in [-0.2, -0.15) is 0 Å². The third kappa shape index (κ3) is 21.4. The number of carbonyl (C=O) groups is 4. The maximum Gasteiger partial charge on any atom is 0.243 e. The molecule has 0 heterocycles. The largest absolute Gasteiger partial charge is 0.493 e. The van der Waals surface area contributed by atoms with E-state index >= 15 is 0 Å². The lowest BCUT2D eigenvalue weighted by atomic mass is 9.80. The molecule has 0 aromatic heterocycles. The Hall–Kier alpha value is -6.20. The van der Waals surface area contributed by atoms with E-state index in [0.717, 1.165) is 55.6 Å². The molecule has 0 saturated carbocycles. The van der Waals surface area contributed by atoms with Gasteiger partial charge in [0.15, 0.2) is 0 Å². The van der Waals surface area contributed by atoms with Crippen LogP contribution in [0.15, 0.2) is 60.7 Å². The first-order chi connectivity index (χ1) is 37.2. The molecule has 16 heteroatoms. The quantitative estimate of drug-likeness (QED) is 0.0138. The molecule has 0 fully saturated rings. The van der Waals surface area contributed by atoms with E-state index < -0.39 is 23.6 Å². The van der Waals surface area contributed by atoms with Crippen LogP contribution in [0.1, 0.15) is 216 Å². The predicted octanol–water partition coefficient (Wildman–Crippen LogP) is 11.9. The Morgan fingerprint density at radius 1 is 0.342 bits per heavy atom. The maximum atomic E-state index is 12.1. The number of ether oxygens (including phenoxy) is 4. The minimum Gasteiger partial charge on any atom is -0.493 e. The minimum absolute atomic E-state index is 0.135. The average Bonchev–Trinajstić information content (AvgIpc) is 3.45. The Bertz CT molecular complexity index is 2460. The molecule has 0 atom stereocenters. The van der Waals surface area contributed by atoms with Crippen molar-refractivity contribution in [1.82, 2.24) is 21.9 Å². The van der Waals surface area contributed by atoms with Crippen molar-refractivity contribution >= 4 is 23.6 Å². The normalized spacial score (nSPS) is 11.9. The summed E-state index contributed by atoms with van der Waals surface area (Å²) < 4.78 is 27.0. The summed E-state index contributed by atoms with van der Waals surface area (Å²) in [6, 6.07) is 21.5. The number of hydrogen-bond donors (Lipinski definition) is 8. The summed E-state index contributed by atoms with van der Waals surface area (Å²) in [4.78, 5) is 47.7. The first kappa shape index (κ1) is 65.3. The van der Waals surface area contributed by atoms with Crippen molar-refractivity contribution < 1.29 is 59.0 Å². The van der Waals surface area contributed by atoms with Crippen molar-refractivity contribution in [2.24, 2.45) is 0 Å². The van der Waals surface area contributed by atoms with Gasteiger partial charge in [-0.1, -0.05) is 132 Å². The van der Waals surface area contributed by atoms with E-state index in [2.05, 4.69) is 132 Å². The van der Waals surface area contributed by atoms with Gasteiger partial charge >= 0.3 is 0 Å². The van der Waals surface area contributed by atoms with Crippen molar-refractivity contribution in [1.29, 1.82) is 0 Å². The first-order valence-electron chi connectivity index (χ1n) is 28.0. The van der Waals surface area contributed by atoms with Gasteiger partial charge in [-0.15, -0.1) is 0 Å². The molecule has 0 unspecified atom stereocenters. The lowest BCUT2D eigenvalue weighted by molar-refractivity contribution is -0.130. The Kier molecular flexibility index (Phi) is 25.1. The first-order valence-corrected chi connectivity index (χ1v) is 28.0. The number of nitrogens with one attached hydrogen (secondary N) is 4. The van der Waals surface area contributed by atoms with E-state index in [1.807, 2.05) is 12.1 Å². The van der Waals surface area contributed by atoms with Crippen molar-refractivity contribution in [3.8, 4) is 23.0 Å². The molecule has 436 valence electrons. The van der Waals surface area contributed by atoms with Gasteiger partial charge in [0.2, 0.25) is 23.6 Å². The molecule has 0 aliphatic rings. The summed E-state index contributed by atoms with van der Waals surface area (Å²) in [5.74, 6) is 1.02. The Labute approximate surface area is 469 Å². The highest BCUT2D eigenvalue weighted by Gasteiger charge is 2.27. The number of unbranched alkanes of at least 4 members (excludes halogenated alkanes) is 4. The zero-order valence-electron chi connectivity index (χ0n) is 49.3.